The molecule has 0 unspecified atom stereocenters. The van der Waals surface area contributed by atoms with Crippen molar-refractivity contribution in [2.24, 2.45) is 0 Å². The Bertz CT molecular complexity index is 685. The zero-order valence-electron chi connectivity index (χ0n) is 9.57. The zero-order chi connectivity index (χ0) is 14.0. The second-order valence-corrected chi connectivity index (χ2v) is 3.59. The van der Waals surface area contributed by atoms with E-state index in [9.17, 15) is 13.2 Å². The van der Waals surface area contributed by atoms with E-state index in [1.54, 1.807) is 6.07 Å². The fourth-order valence-electron chi connectivity index (χ4n) is 1.61. The third-order valence-corrected chi connectivity index (χ3v) is 2.43. The Hall–Kier alpha value is -2.62. The molecular weight excluding hydrogens is 257 g/mol. The van der Waals surface area contributed by atoms with Gasteiger partial charge in [-0.25, -0.2) is 17.9 Å². The highest BCUT2D eigenvalue weighted by Crippen LogP contribution is 2.27. The van der Waals surface area contributed by atoms with Crippen molar-refractivity contribution in [2.75, 3.05) is 0 Å². The summed E-state index contributed by atoms with van der Waals surface area (Å²) in [4.78, 5) is 0. The smallest absolute Gasteiger partial charge is 0.195 e. The maximum absolute atomic E-state index is 13.7. The first kappa shape index (κ1) is 12.8. The molecule has 0 aliphatic rings. The lowest BCUT2D eigenvalue weighted by Crippen LogP contribution is -2.03. The number of nitriles is 1. The van der Waals surface area contributed by atoms with Gasteiger partial charge in [0.2, 0.25) is 0 Å². The van der Waals surface area contributed by atoms with Crippen LogP contribution in [0.1, 0.15) is 5.69 Å². The van der Waals surface area contributed by atoms with Crippen LogP contribution in [0.15, 0.2) is 24.8 Å². The molecular formula is C12H7F3N4. The average Bonchev–Trinajstić information content (AvgIpc) is 2.80. The molecule has 0 fully saturated rings. The maximum Gasteiger partial charge on any atom is 0.195 e. The van der Waals surface area contributed by atoms with Crippen LogP contribution in [0.4, 0.5) is 13.2 Å². The van der Waals surface area contributed by atoms with Crippen molar-refractivity contribution in [3.05, 3.63) is 47.9 Å². The van der Waals surface area contributed by atoms with Gasteiger partial charge in [0.05, 0.1) is 6.54 Å². The van der Waals surface area contributed by atoms with Crippen molar-refractivity contribution in [3.63, 3.8) is 0 Å². The quantitative estimate of drug-likeness (QED) is 0.632. The number of allylic oxidation sites excluding steroid dienone is 1. The predicted octanol–water partition coefficient (Wildman–Crippen LogP) is 2.42. The van der Waals surface area contributed by atoms with E-state index < -0.39 is 17.5 Å². The van der Waals surface area contributed by atoms with Gasteiger partial charge in [-0.15, -0.1) is 11.7 Å². The highest BCUT2D eigenvalue weighted by molar-refractivity contribution is 5.65. The summed E-state index contributed by atoms with van der Waals surface area (Å²) in [6.45, 7) is 3.64. The summed E-state index contributed by atoms with van der Waals surface area (Å²) in [6, 6.07) is 3.54. The molecule has 0 radical (unpaired) electrons. The van der Waals surface area contributed by atoms with Crippen LogP contribution in [0.25, 0.3) is 11.3 Å². The minimum Gasteiger partial charge on any atom is -0.239 e. The summed E-state index contributed by atoms with van der Waals surface area (Å²) in [5.74, 6) is -4.29. The first-order valence-electron chi connectivity index (χ1n) is 5.18. The van der Waals surface area contributed by atoms with Crippen molar-refractivity contribution < 1.29 is 13.2 Å². The molecule has 0 aliphatic carbocycles. The van der Waals surface area contributed by atoms with Crippen LogP contribution in [0, 0.1) is 28.8 Å². The van der Waals surface area contributed by atoms with E-state index in [0.717, 1.165) is 12.1 Å². The van der Waals surface area contributed by atoms with Crippen LogP contribution in [0.3, 0.4) is 0 Å². The van der Waals surface area contributed by atoms with E-state index >= 15 is 0 Å². The van der Waals surface area contributed by atoms with Gasteiger partial charge in [-0.3, -0.25) is 0 Å². The number of hydrogen-bond donors (Lipinski definition) is 0. The monoisotopic (exact) mass is 264 g/mol. The van der Waals surface area contributed by atoms with Gasteiger partial charge in [-0.2, -0.15) is 5.26 Å². The average molecular weight is 264 g/mol. The molecule has 0 spiro atoms. The Morgan fingerprint density at radius 1 is 1.32 bits per heavy atom. The highest BCUT2D eigenvalue weighted by atomic mass is 19.2. The third-order valence-electron chi connectivity index (χ3n) is 2.43. The summed E-state index contributed by atoms with van der Waals surface area (Å²) in [5.41, 5.74) is -0.465. The van der Waals surface area contributed by atoms with E-state index in [0.29, 0.717) is 0 Å². The lowest BCUT2D eigenvalue weighted by molar-refractivity contribution is 0.448. The van der Waals surface area contributed by atoms with Crippen molar-refractivity contribution in [2.45, 2.75) is 6.54 Å². The van der Waals surface area contributed by atoms with Crippen LogP contribution >= 0.6 is 0 Å². The van der Waals surface area contributed by atoms with Crippen molar-refractivity contribution in [1.82, 2.24) is 15.0 Å². The Kier molecular flexibility index (Phi) is 3.33. The molecule has 1 aromatic carbocycles. The first-order valence-corrected chi connectivity index (χ1v) is 5.18. The Morgan fingerprint density at radius 2 is 2.05 bits per heavy atom. The molecule has 0 N–H and O–H groups in total. The third kappa shape index (κ3) is 2.08. The molecule has 0 atom stereocenters. The predicted molar refractivity (Wildman–Crippen MR) is 60.2 cm³/mol. The molecule has 96 valence electrons. The van der Waals surface area contributed by atoms with Crippen LogP contribution < -0.4 is 0 Å². The molecule has 2 rings (SSSR count). The Labute approximate surface area is 106 Å². The number of aromatic nitrogens is 3. The van der Waals surface area contributed by atoms with Crippen LogP contribution in [-0.2, 0) is 6.54 Å². The molecule has 0 saturated carbocycles. The van der Waals surface area contributed by atoms with Gasteiger partial charge in [0.25, 0.3) is 0 Å². The van der Waals surface area contributed by atoms with Crippen molar-refractivity contribution in [1.29, 1.82) is 5.26 Å². The van der Waals surface area contributed by atoms with Crippen LogP contribution in [0.2, 0.25) is 0 Å². The molecule has 0 saturated heterocycles. The van der Waals surface area contributed by atoms with Gasteiger partial charge in [0, 0.05) is 5.56 Å². The number of rotatable bonds is 3. The summed E-state index contributed by atoms with van der Waals surface area (Å²) >= 11 is 0. The highest BCUT2D eigenvalue weighted by Gasteiger charge is 2.21. The molecule has 1 aromatic heterocycles. The lowest BCUT2D eigenvalue weighted by atomic mass is 10.1. The zero-order valence-corrected chi connectivity index (χ0v) is 9.57. The fourth-order valence-corrected chi connectivity index (χ4v) is 1.61. The van der Waals surface area contributed by atoms with E-state index in [-0.39, 0.29) is 23.5 Å². The first-order chi connectivity index (χ1) is 9.10. The van der Waals surface area contributed by atoms with Crippen LogP contribution in [0.5, 0.6) is 0 Å². The minimum absolute atomic E-state index is 0.0150. The molecule has 7 heteroatoms. The lowest BCUT2D eigenvalue weighted by Gasteiger charge is -2.06. The summed E-state index contributed by atoms with van der Waals surface area (Å²) in [7, 11) is 0. The summed E-state index contributed by atoms with van der Waals surface area (Å²) in [6.07, 6.45) is 1.46. The van der Waals surface area contributed by atoms with Gasteiger partial charge >= 0.3 is 0 Å². The van der Waals surface area contributed by atoms with Gasteiger partial charge in [-0.1, -0.05) is 11.3 Å². The van der Waals surface area contributed by atoms with Gasteiger partial charge in [0.1, 0.15) is 11.8 Å². The number of hydrogen-bond acceptors (Lipinski definition) is 3. The number of benzene rings is 1. The molecule has 0 aliphatic heterocycles. The van der Waals surface area contributed by atoms with Gasteiger partial charge < -0.3 is 0 Å². The SMILES string of the molecule is C=CCn1nnc(C#N)c1-c1ccc(F)c(F)c1F. The summed E-state index contributed by atoms with van der Waals surface area (Å²) in [5, 5.41) is 16.1. The van der Waals surface area contributed by atoms with E-state index in [4.69, 9.17) is 5.26 Å². The van der Waals surface area contributed by atoms with Gasteiger partial charge in [-0.05, 0) is 12.1 Å². The van der Waals surface area contributed by atoms with E-state index in [2.05, 4.69) is 16.9 Å². The molecule has 1 heterocycles. The number of nitrogens with zero attached hydrogens (tertiary/aromatic N) is 4. The van der Waals surface area contributed by atoms with Crippen LogP contribution in [-0.4, -0.2) is 15.0 Å². The standard InChI is InChI=1S/C12H7F3N4/c1-2-5-19-12(9(6-16)17-18-19)7-3-4-8(13)11(15)10(7)14/h2-4H,1,5H2. The summed E-state index contributed by atoms with van der Waals surface area (Å²) < 4.78 is 41.1. The fraction of sp³-hybridized carbons (Fsp3) is 0.0833. The van der Waals surface area contributed by atoms with Crippen molar-refractivity contribution >= 4 is 0 Å². The molecule has 0 amide bonds. The van der Waals surface area contributed by atoms with Crippen molar-refractivity contribution in [3.8, 4) is 17.3 Å². The second-order valence-electron chi connectivity index (χ2n) is 3.59. The maximum atomic E-state index is 13.7. The van der Waals surface area contributed by atoms with Gasteiger partial charge in [0.15, 0.2) is 23.1 Å². The molecule has 4 nitrogen and oxygen atoms in total. The van der Waals surface area contributed by atoms with E-state index in [1.807, 2.05) is 0 Å². The Morgan fingerprint density at radius 3 is 2.68 bits per heavy atom. The molecule has 19 heavy (non-hydrogen) atoms. The largest absolute Gasteiger partial charge is 0.239 e. The minimum atomic E-state index is -1.60. The second kappa shape index (κ2) is 4.94. The van der Waals surface area contributed by atoms with E-state index in [1.165, 1.54) is 10.8 Å². The normalized spacial score (nSPS) is 10.2. The number of halogens is 3. The topological polar surface area (TPSA) is 54.5 Å². The molecule has 0 bridgehead atoms. The molecule has 2 aromatic rings. The Balaban J connectivity index is 2.71.